The number of hydrogen-bond acceptors (Lipinski definition) is 2. The number of aromatic nitrogens is 2. The van der Waals surface area contributed by atoms with Crippen LogP contribution in [0.3, 0.4) is 0 Å². The van der Waals surface area contributed by atoms with Gasteiger partial charge in [-0.25, -0.2) is 4.98 Å². The van der Waals surface area contributed by atoms with Crippen LogP contribution in [-0.4, -0.2) is 16.7 Å². The molecule has 5 heteroatoms. The van der Waals surface area contributed by atoms with E-state index in [0.29, 0.717) is 6.73 Å². The molecule has 0 aliphatic rings. The van der Waals surface area contributed by atoms with E-state index >= 15 is 0 Å². The Morgan fingerprint density at radius 3 is 2.80 bits per heavy atom. The van der Waals surface area contributed by atoms with E-state index in [2.05, 4.69) is 36.8 Å². The number of nitrogens with zero attached hydrogens (tertiary/aromatic N) is 2. The summed E-state index contributed by atoms with van der Waals surface area (Å²) in [6.45, 7) is 0.513. The average molecular weight is 270 g/mol. The van der Waals surface area contributed by atoms with Gasteiger partial charge in [0.2, 0.25) is 0 Å². The van der Waals surface area contributed by atoms with E-state index in [1.807, 2.05) is 10.8 Å². The van der Waals surface area contributed by atoms with Gasteiger partial charge in [-0.15, -0.1) is 0 Å². The van der Waals surface area contributed by atoms with Crippen molar-refractivity contribution >= 4 is 31.9 Å². The van der Waals surface area contributed by atoms with Crippen LogP contribution < -0.4 is 0 Å². The van der Waals surface area contributed by atoms with E-state index in [0.717, 1.165) is 9.34 Å². The van der Waals surface area contributed by atoms with E-state index in [1.165, 1.54) is 0 Å². The Kier molecular flexibility index (Phi) is 2.88. The molecule has 0 atom stereocenters. The molecule has 0 aliphatic carbocycles. The van der Waals surface area contributed by atoms with Gasteiger partial charge in [-0.3, -0.25) is 0 Å². The molecule has 0 fully saturated rings. The summed E-state index contributed by atoms with van der Waals surface area (Å²) < 4.78 is 8.30. The van der Waals surface area contributed by atoms with E-state index in [4.69, 9.17) is 4.74 Å². The molecule has 0 unspecified atom stereocenters. The standard InChI is InChI=1S/C5H6Br2N2O/c1-10-3-9-2-4(6)8-5(9)7/h2H,3H2,1H3. The summed E-state index contributed by atoms with van der Waals surface area (Å²) in [5.74, 6) is 0. The van der Waals surface area contributed by atoms with Crippen molar-refractivity contribution in [3.8, 4) is 0 Å². The minimum Gasteiger partial charge on any atom is -0.364 e. The van der Waals surface area contributed by atoms with Crippen LogP contribution in [0.2, 0.25) is 0 Å². The van der Waals surface area contributed by atoms with Crippen molar-refractivity contribution in [2.45, 2.75) is 6.73 Å². The molecule has 10 heavy (non-hydrogen) atoms. The number of rotatable bonds is 2. The normalized spacial score (nSPS) is 10.3. The number of methoxy groups -OCH3 is 1. The first-order valence-electron chi connectivity index (χ1n) is 2.61. The van der Waals surface area contributed by atoms with Crippen LogP contribution in [-0.2, 0) is 11.5 Å². The molecule has 0 saturated heterocycles. The Morgan fingerprint density at radius 2 is 2.40 bits per heavy atom. The topological polar surface area (TPSA) is 27.1 Å². The minimum atomic E-state index is 0.513. The van der Waals surface area contributed by atoms with Crippen LogP contribution in [0.4, 0.5) is 0 Å². The maximum Gasteiger partial charge on any atom is 0.180 e. The third-order valence-corrected chi connectivity index (χ3v) is 1.98. The Hall–Kier alpha value is 0.130. The molecule has 56 valence electrons. The molecule has 0 N–H and O–H groups in total. The van der Waals surface area contributed by atoms with Gasteiger partial charge in [-0.05, 0) is 31.9 Å². The van der Waals surface area contributed by atoms with Gasteiger partial charge in [-0.1, -0.05) is 0 Å². The second-order valence-corrected chi connectivity index (χ2v) is 3.24. The Labute approximate surface area is 75.6 Å². The molecule has 3 nitrogen and oxygen atoms in total. The predicted octanol–water partition coefficient (Wildman–Crippen LogP) is 2.01. The van der Waals surface area contributed by atoms with Gasteiger partial charge in [0.1, 0.15) is 11.3 Å². The van der Waals surface area contributed by atoms with Crippen molar-refractivity contribution in [2.75, 3.05) is 7.11 Å². The molecule has 1 aromatic rings. The lowest BCUT2D eigenvalue weighted by atomic mass is 10.9. The van der Waals surface area contributed by atoms with Crippen molar-refractivity contribution in [1.29, 1.82) is 0 Å². The van der Waals surface area contributed by atoms with Crippen molar-refractivity contribution in [2.24, 2.45) is 0 Å². The van der Waals surface area contributed by atoms with E-state index in [-0.39, 0.29) is 0 Å². The Morgan fingerprint density at radius 1 is 1.70 bits per heavy atom. The average Bonchev–Trinajstić information content (AvgIpc) is 2.13. The summed E-state index contributed by atoms with van der Waals surface area (Å²) in [6, 6.07) is 0. The molecule has 0 bridgehead atoms. The van der Waals surface area contributed by atoms with Gasteiger partial charge in [0.05, 0.1) is 0 Å². The lowest BCUT2D eigenvalue weighted by molar-refractivity contribution is 0.129. The van der Waals surface area contributed by atoms with Crippen molar-refractivity contribution in [3.05, 3.63) is 15.5 Å². The zero-order chi connectivity index (χ0) is 7.56. The van der Waals surface area contributed by atoms with Crippen LogP contribution in [0.1, 0.15) is 0 Å². The van der Waals surface area contributed by atoms with E-state index in [9.17, 15) is 0 Å². The van der Waals surface area contributed by atoms with Crippen LogP contribution in [0.15, 0.2) is 15.5 Å². The zero-order valence-electron chi connectivity index (χ0n) is 5.34. The highest BCUT2D eigenvalue weighted by Crippen LogP contribution is 2.14. The molecule has 0 aromatic carbocycles. The number of hydrogen-bond donors (Lipinski definition) is 0. The lowest BCUT2D eigenvalue weighted by Crippen LogP contribution is -1.97. The molecule has 1 heterocycles. The summed E-state index contributed by atoms with van der Waals surface area (Å²) in [5, 5.41) is 0. The summed E-state index contributed by atoms with van der Waals surface area (Å²) in [7, 11) is 1.64. The maximum absolute atomic E-state index is 4.89. The van der Waals surface area contributed by atoms with Crippen LogP contribution in [0.5, 0.6) is 0 Å². The highest BCUT2D eigenvalue weighted by atomic mass is 79.9. The quantitative estimate of drug-likeness (QED) is 0.821. The van der Waals surface area contributed by atoms with Gasteiger partial charge in [0.25, 0.3) is 0 Å². The van der Waals surface area contributed by atoms with Gasteiger partial charge >= 0.3 is 0 Å². The highest BCUT2D eigenvalue weighted by molar-refractivity contribution is 9.11. The first-order valence-corrected chi connectivity index (χ1v) is 4.19. The lowest BCUT2D eigenvalue weighted by Gasteiger charge is -1.98. The Bertz CT molecular complexity index is 223. The number of imidazole rings is 1. The molecular formula is C5H6Br2N2O. The molecule has 1 aromatic heterocycles. The third-order valence-electron chi connectivity index (χ3n) is 0.967. The zero-order valence-corrected chi connectivity index (χ0v) is 8.52. The van der Waals surface area contributed by atoms with Gasteiger partial charge < -0.3 is 9.30 Å². The predicted molar refractivity (Wildman–Crippen MR) is 44.6 cm³/mol. The van der Waals surface area contributed by atoms with Crippen LogP contribution >= 0.6 is 31.9 Å². The van der Waals surface area contributed by atoms with Gasteiger partial charge in [-0.2, -0.15) is 0 Å². The fraction of sp³-hybridized carbons (Fsp3) is 0.400. The third kappa shape index (κ3) is 1.81. The Balaban J connectivity index is 2.81. The molecule has 0 aliphatic heterocycles. The second kappa shape index (κ2) is 3.50. The first kappa shape index (κ1) is 8.23. The molecule has 0 spiro atoms. The smallest absolute Gasteiger partial charge is 0.180 e. The summed E-state index contributed by atoms with van der Waals surface area (Å²) in [4.78, 5) is 4.05. The maximum atomic E-state index is 4.89. The molecule has 0 saturated carbocycles. The van der Waals surface area contributed by atoms with Crippen molar-refractivity contribution < 1.29 is 4.74 Å². The molecule has 0 amide bonds. The minimum absolute atomic E-state index is 0.513. The van der Waals surface area contributed by atoms with Crippen LogP contribution in [0.25, 0.3) is 0 Å². The number of ether oxygens (including phenoxy) is 1. The first-order chi connectivity index (χ1) is 4.74. The summed E-state index contributed by atoms with van der Waals surface area (Å²) in [5.41, 5.74) is 0. The fourth-order valence-electron chi connectivity index (χ4n) is 0.593. The van der Waals surface area contributed by atoms with E-state index < -0.39 is 0 Å². The highest BCUT2D eigenvalue weighted by Gasteiger charge is 2.00. The van der Waals surface area contributed by atoms with Crippen molar-refractivity contribution in [3.63, 3.8) is 0 Å². The summed E-state index contributed by atoms with van der Waals surface area (Å²) >= 11 is 6.50. The molecular weight excluding hydrogens is 264 g/mol. The van der Waals surface area contributed by atoms with Crippen LogP contribution in [0, 0.1) is 0 Å². The fourth-order valence-corrected chi connectivity index (χ4v) is 1.64. The SMILES string of the molecule is COCn1cc(Br)nc1Br. The molecule has 1 rings (SSSR count). The largest absolute Gasteiger partial charge is 0.364 e. The second-order valence-electron chi connectivity index (χ2n) is 1.72. The van der Waals surface area contributed by atoms with Crippen molar-refractivity contribution in [1.82, 2.24) is 9.55 Å². The van der Waals surface area contributed by atoms with E-state index in [1.54, 1.807) is 7.11 Å². The number of halogens is 2. The van der Waals surface area contributed by atoms with Gasteiger partial charge in [0.15, 0.2) is 4.73 Å². The monoisotopic (exact) mass is 268 g/mol. The van der Waals surface area contributed by atoms with Gasteiger partial charge in [0, 0.05) is 13.3 Å². The molecule has 0 radical (unpaired) electrons. The summed E-state index contributed by atoms with van der Waals surface area (Å²) in [6.07, 6.45) is 1.84.